The zero-order chi connectivity index (χ0) is 15.4. The Morgan fingerprint density at radius 2 is 2.10 bits per heavy atom. The van der Waals surface area contributed by atoms with Crippen molar-refractivity contribution in [1.29, 1.82) is 0 Å². The number of nitrogens with zero attached hydrogens (tertiary/aromatic N) is 3. The van der Waals surface area contributed by atoms with E-state index in [4.69, 9.17) is 40.2 Å². The van der Waals surface area contributed by atoms with Gasteiger partial charge in [0, 0.05) is 6.42 Å². The molecule has 1 heterocycles. The van der Waals surface area contributed by atoms with Gasteiger partial charge in [-0.1, -0.05) is 30.1 Å². The Labute approximate surface area is 137 Å². The van der Waals surface area contributed by atoms with Crippen LogP contribution in [0.1, 0.15) is 24.7 Å². The van der Waals surface area contributed by atoms with Crippen molar-refractivity contribution in [2.45, 2.75) is 19.8 Å². The maximum absolute atomic E-state index is 6.09. The van der Waals surface area contributed by atoms with Gasteiger partial charge in [0.15, 0.2) is 11.6 Å². The van der Waals surface area contributed by atoms with Crippen LogP contribution >= 0.6 is 35.4 Å². The van der Waals surface area contributed by atoms with E-state index in [9.17, 15) is 0 Å². The van der Waals surface area contributed by atoms with Crippen molar-refractivity contribution in [3.63, 3.8) is 0 Å². The third kappa shape index (κ3) is 3.64. The molecule has 0 aliphatic heterocycles. The van der Waals surface area contributed by atoms with E-state index in [0.29, 0.717) is 20.6 Å². The van der Waals surface area contributed by atoms with Gasteiger partial charge < -0.3 is 4.74 Å². The minimum Gasteiger partial charge on any atom is -0.494 e. The molecule has 1 aromatic heterocycles. The van der Waals surface area contributed by atoms with E-state index in [2.05, 4.69) is 22.2 Å². The quantitative estimate of drug-likeness (QED) is 0.656. The van der Waals surface area contributed by atoms with Crippen molar-refractivity contribution in [3.8, 4) is 5.75 Å². The lowest BCUT2D eigenvalue weighted by Gasteiger charge is -2.06. The van der Waals surface area contributed by atoms with Crippen LogP contribution < -0.4 is 4.74 Å². The van der Waals surface area contributed by atoms with Crippen molar-refractivity contribution < 1.29 is 4.74 Å². The van der Waals surface area contributed by atoms with E-state index in [1.165, 1.54) is 7.11 Å². The minimum atomic E-state index is 0.427. The number of H-pyrrole nitrogens is 1. The van der Waals surface area contributed by atoms with Gasteiger partial charge in [-0.05, 0) is 36.3 Å². The van der Waals surface area contributed by atoms with Crippen molar-refractivity contribution in [2.75, 3.05) is 7.11 Å². The number of rotatable bonds is 5. The van der Waals surface area contributed by atoms with Crippen LogP contribution in [0.3, 0.4) is 0 Å². The van der Waals surface area contributed by atoms with Gasteiger partial charge in [0.1, 0.15) is 0 Å². The SMILES string of the molecule is CCCc1n[nH]c(=S)n1/N=C\c1cc(Cl)c(OC)c(Cl)c1. The standard InChI is InChI=1S/C13H14Cl2N4OS/c1-3-4-11-17-18-13(21)19(11)16-7-8-5-9(14)12(20-2)10(15)6-8/h5-7H,3-4H2,1-2H3,(H,18,21)/b16-7-. The fourth-order valence-corrected chi connectivity index (χ4v) is 2.66. The molecule has 0 radical (unpaired) electrons. The number of nitrogens with one attached hydrogen (secondary N) is 1. The van der Waals surface area contributed by atoms with Gasteiger partial charge in [-0.25, -0.2) is 0 Å². The summed E-state index contributed by atoms with van der Waals surface area (Å²) >= 11 is 17.3. The molecule has 1 N–H and O–H groups in total. The lowest BCUT2D eigenvalue weighted by molar-refractivity contribution is 0.415. The molecule has 0 bridgehead atoms. The molecule has 0 amide bonds. The topological polar surface area (TPSA) is 55.2 Å². The maximum Gasteiger partial charge on any atom is 0.216 e. The minimum absolute atomic E-state index is 0.427. The van der Waals surface area contributed by atoms with Crippen molar-refractivity contribution in [1.82, 2.24) is 14.9 Å². The molecule has 0 atom stereocenters. The third-order valence-electron chi connectivity index (χ3n) is 2.74. The molecule has 0 spiro atoms. The average molecular weight is 345 g/mol. The molecule has 0 aliphatic rings. The molecule has 8 heteroatoms. The van der Waals surface area contributed by atoms with Crippen LogP contribution in [0.2, 0.25) is 10.0 Å². The molecule has 21 heavy (non-hydrogen) atoms. The summed E-state index contributed by atoms with van der Waals surface area (Å²) in [5.74, 6) is 1.23. The molecule has 1 aromatic carbocycles. The number of ether oxygens (including phenoxy) is 1. The number of aromatic amines is 1. The van der Waals surface area contributed by atoms with E-state index in [-0.39, 0.29) is 0 Å². The Morgan fingerprint density at radius 1 is 1.43 bits per heavy atom. The van der Waals surface area contributed by atoms with Gasteiger partial charge in [0.2, 0.25) is 4.77 Å². The second kappa shape index (κ2) is 7.06. The zero-order valence-corrected chi connectivity index (χ0v) is 13.9. The molecule has 5 nitrogen and oxygen atoms in total. The van der Waals surface area contributed by atoms with Crippen molar-refractivity contribution >= 4 is 41.6 Å². The first kappa shape index (κ1) is 16.0. The van der Waals surface area contributed by atoms with Crippen LogP contribution in [0.15, 0.2) is 17.2 Å². The largest absolute Gasteiger partial charge is 0.494 e. The summed E-state index contributed by atoms with van der Waals surface area (Å²) in [6, 6.07) is 3.44. The fourth-order valence-electron chi connectivity index (χ4n) is 1.80. The molecular formula is C13H14Cl2N4OS. The summed E-state index contributed by atoms with van der Waals surface area (Å²) in [4.78, 5) is 0. The zero-order valence-electron chi connectivity index (χ0n) is 11.6. The average Bonchev–Trinajstić information content (AvgIpc) is 2.77. The predicted molar refractivity (Wildman–Crippen MR) is 87.4 cm³/mol. The van der Waals surface area contributed by atoms with Crippen LogP contribution in [0.4, 0.5) is 0 Å². The predicted octanol–water partition coefficient (Wildman–Crippen LogP) is 4.09. The first-order chi connectivity index (χ1) is 10.1. The molecule has 0 saturated heterocycles. The summed E-state index contributed by atoms with van der Waals surface area (Å²) in [7, 11) is 1.52. The second-order valence-electron chi connectivity index (χ2n) is 4.27. The van der Waals surface area contributed by atoms with E-state index in [0.717, 1.165) is 24.2 Å². The van der Waals surface area contributed by atoms with Gasteiger partial charge in [-0.2, -0.15) is 14.9 Å². The highest BCUT2D eigenvalue weighted by molar-refractivity contribution is 7.71. The molecule has 0 unspecified atom stereocenters. The second-order valence-corrected chi connectivity index (χ2v) is 5.47. The normalized spacial score (nSPS) is 11.2. The van der Waals surface area contributed by atoms with E-state index in [1.54, 1.807) is 23.0 Å². The number of halogens is 2. The van der Waals surface area contributed by atoms with Crippen LogP contribution in [0.25, 0.3) is 0 Å². The van der Waals surface area contributed by atoms with Gasteiger partial charge >= 0.3 is 0 Å². The summed E-state index contributed by atoms with van der Waals surface area (Å²) in [5.41, 5.74) is 0.747. The Hall–Kier alpha value is -1.37. The lowest BCUT2D eigenvalue weighted by atomic mass is 10.2. The van der Waals surface area contributed by atoms with Crippen LogP contribution in [-0.2, 0) is 6.42 Å². The molecule has 112 valence electrons. The van der Waals surface area contributed by atoms with Gasteiger partial charge in [-0.15, -0.1) is 0 Å². The summed E-state index contributed by atoms with van der Waals surface area (Å²) < 4.78 is 7.14. The Bertz CT molecular complexity index is 700. The number of methoxy groups -OCH3 is 1. The lowest BCUT2D eigenvalue weighted by Crippen LogP contribution is -1.99. The van der Waals surface area contributed by atoms with Crippen LogP contribution in [0.5, 0.6) is 5.75 Å². The number of aryl methyl sites for hydroxylation is 1. The Morgan fingerprint density at radius 3 is 2.67 bits per heavy atom. The number of benzene rings is 1. The van der Waals surface area contributed by atoms with Gasteiger partial charge in [0.05, 0.1) is 23.4 Å². The van der Waals surface area contributed by atoms with E-state index >= 15 is 0 Å². The highest BCUT2D eigenvalue weighted by Gasteiger charge is 2.08. The van der Waals surface area contributed by atoms with E-state index in [1.807, 2.05) is 0 Å². The Kier molecular flexibility index (Phi) is 5.39. The smallest absolute Gasteiger partial charge is 0.216 e. The Balaban J connectivity index is 2.34. The van der Waals surface area contributed by atoms with Crippen LogP contribution in [-0.4, -0.2) is 28.2 Å². The molecule has 2 aromatic rings. The molecule has 0 fully saturated rings. The first-order valence-electron chi connectivity index (χ1n) is 6.30. The monoisotopic (exact) mass is 344 g/mol. The summed E-state index contributed by atoms with van der Waals surface area (Å²) in [6.45, 7) is 2.06. The molecule has 0 saturated carbocycles. The summed E-state index contributed by atoms with van der Waals surface area (Å²) in [5, 5.41) is 12.1. The number of hydrogen-bond donors (Lipinski definition) is 1. The highest BCUT2D eigenvalue weighted by atomic mass is 35.5. The highest BCUT2D eigenvalue weighted by Crippen LogP contribution is 2.33. The molecule has 2 rings (SSSR count). The van der Waals surface area contributed by atoms with E-state index < -0.39 is 0 Å². The van der Waals surface area contributed by atoms with Crippen LogP contribution in [0, 0.1) is 4.77 Å². The number of aromatic nitrogens is 3. The summed E-state index contributed by atoms with van der Waals surface area (Å²) in [6.07, 6.45) is 3.37. The number of hydrogen-bond acceptors (Lipinski definition) is 4. The molecular weight excluding hydrogens is 331 g/mol. The maximum atomic E-state index is 6.09. The van der Waals surface area contributed by atoms with Crippen molar-refractivity contribution in [3.05, 3.63) is 38.3 Å². The van der Waals surface area contributed by atoms with Gasteiger partial charge in [-0.3, -0.25) is 5.10 Å². The molecule has 0 aliphatic carbocycles. The third-order valence-corrected chi connectivity index (χ3v) is 3.56. The van der Waals surface area contributed by atoms with Crippen molar-refractivity contribution in [2.24, 2.45) is 5.10 Å². The first-order valence-corrected chi connectivity index (χ1v) is 7.47. The van der Waals surface area contributed by atoms with Gasteiger partial charge in [0.25, 0.3) is 0 Å². The fraction of sp³-hybridized carbons (Fsp3) is 0.308.